The van der Waals surface area contributed by atoms with Crippen molar-refractivity contribution in [1.82, 2.24) is 0 Å². The Morgan fingerprint density at radius 2 is 2.00 bits per heavy atom. The van der Waals surface area contributed by atoms with E-state index in [9.17, 15) is 18.4 Å². The maximum atomic E-state index is 14.3. The number of rotatable bonds is 5. The molecular weight excluding hydrogens is 473 g/mol. The van der Waals surface area contributed by atoms with E-state index in [-0.39, 0.29) is 25.9 Å². The van der Waals surface area contributed by atoms with Gasteiger partial charge in [0.2, 0.25) is 0 Å². The monoisotopic (exact) mass is 486 g/mol. The summed E-state index contributed by atoms with van der Waals surface area (Å²) < 4.78 is 27.9. The predicted molar refractivity (Wildman–Crippen MR) is 105 cm³/mol. The highest BCUT2D eigenvalue weighted by Gasteiger charge is 2.22. The molecule has 0 atom stereocenters. The van der Waals surface area contributed by atoms with Gasteiger partial charge in [-0.15, -0.1) is 11.8 Å². The molecule has 0 saturated heterocycles. The van der Waals surface area contributed by atoms with Crippen molar-refractivity contribution in [3.05, 3.63) is 56.2 Å². The van der Waals surface area contributed by atoms with Gasteiger partial charge in [-0.05, 0) is 59.5 Å². The quantitative estimate of drug-likeness (QED) is 0.279. The van der Waals surface area contributed by atoms with E-state index in [0.717, 1.165) is 13.0 Å². The molecule has 0 radical (unpaired) electrons. The molecule has 1 amide bonds. The van der Waals surface area contributed by atoms with Crippen molar-refractivity contribution >= 4 is 51.7 Å². The van der Waals surface area contributed by atoms with E-state index in [1.807, 2.05) is 13.0 Å². The summed E-state index contributed by atoms with van der Waals surface area (Å²) in [5.74, 6) is -2.48. The number of benzene rings is 2. The van der Waals surface area contributed by atoms with Crippen LogP contribution in [0.25, 0.3) is 0 Å². The summed E-state index contributed by atoms with van der Waals surface area (Å²) in [7, 11) is 0. The Morgan fingerprint density at radius 1 is 1.31 bits per heavy atom. The van der Waals surface area contributed by atoms with Crippen LogP contribution in [0.15, 0.2) is 29.2 Å². The first-order valence-corrected chi connectivity index (χ1v) is 9.53. The molecule has 0 aromatic heterocycles. The zero-order valence-corrected chi connectivity index (χ0v) is 16.8. The highest BCUT2D eigenvalue weighted by Crippen LogP contribution is 2.29. The van der Waals surface area contributed by atoms with Crippen molar-refractivity contribution in [1.29, 1.82) is 5.26 Å². The summed E-state index contributed by atoms with van der Waals surface area (Å²) >= 11 is 2.85. The summed E-state index contributed by atoms with van der Waals surface area (Å²) in [5, 5.41) is 11.4. The Labute approximate surface area is 167 Å². The lowest BCUT2D eigenvalue weighted by molar-refractivity contribution is 0.101. The van der Waals surface area contributed by atoms with Gasteiger partial charge >= 0.3 is 0 Å². The van der Waals surface area contributed by atoms with Crippen LogP contribution in [0.3, 0.4) is 0 Å². The third kappa shape index (κ3) is 4.22. The van der Waals surface area contributed by atoms with Crippen LogP contribution >= 0.6 is 34.4 Å². The first-order valence-electron chi connectivity index (χ1n) is 7.46. The summed E-state index contributed by atoms with van der Waals surface area (Å²) in [6, 6.07) is 7.49. The number of thioether (sulfide) groups is 1. The number of amides is 1. The summed E-state index contributed by atoms with van der Waals surface area (Å²) in [4.78, 5) is 25.1. The minimum Gasteiger partial charge on any atom is -0.321 e. The molecule has 8 heteroatoms. The molecule has 26 heavy (non-hydrogen) atoms. The van der Waals surface area contributed by atoms with Gasteiger partial charge in [-0.3, -0.25) is 9.59 Å². The van der Waals surface area contributed by atoms with E-state index in [2.05, 4.69) is 5.32 Å². The van der Waals surface area contributed by atoms with Crippen molar-refractivity contribution in [3.63, 3.8) is 0 Å². The zero-order valence-electron chi connectivity index (χ0n) is 13.8. The van der Waals surface area contributed by atoms with Gasteiger partial charge < -0.3 is 5.32 Å². The topological polar surface area (TPSA) is 70.0 Å². The van der Waals surface area contributed by atoms with Gasteiger partial charge in [0, 0.05) is 4.90 Å². The summed E-state index contributed by atoms with van der Waals surface area (Å²) in [5.41, 5.74) is -0.148. The number of hydrogen-bond donors (Lipinski definition) is 1. The summed E-state index contributed by atoms with van der Waals surface area (Å²) in [6.45, 7) is 3.04. The molecule has 1 N–H and O–H groups in total. The van der Waals surface area contributed by atoms with Gasteiger partial charge in [-0.1, -0.05) is 6.92 Å². The number of Topliss-reactive ketones (excluding diaryl/α,β-unsaturated/α-hetero) is 1. The maximum Gasteiger partial charge on any atom is 0.256 e. The smallest absolute Gasteiger partial charge is 0.256 e. The molecule has 134 valence electrons. The van der Waals surface area contributed by atoms with Crippen LogP contribution in [-0.2, 0) is 0 Å². The molecule has 2 aromatic carbocycles. The fourth-order valence-electron chi connectivity index (χ4n) is 2.29. The predicted octanol–water partition coefficient (Wildman–Crippen LogP) is 5.01. The number of carbonyl (C=O) groups excluding carboxylic acids is 2. The molecular formula is C18H13F2IN2O2S. The highest BCUT2D eigenvalue weighted by atomic mass is 127. The zero-order chi connectivity index (χ0) is 19.4. The van der Waals surface area contributed by atoms with Crippen LogP contribution in [0.5, 0.6) is 0 Å². The second-order valence-electron chi connectivity index (χ2n) is 5.17. The van der Waals surface area contributed by atoms with Gasteiger partial charge in [0.05, 0.1) is 32.0 Å². The van der Waals surface area contributed by atoms with E-state index in [0.29, 0.717) is 10.6 Å². The van der Waals surface area contributed by atoms with Crippen LogP contribution in [0.1, 0.15) is 40.1 Å². The second-order valence-corrected chi connectivity index (χ2v) is 7.56. The molecule has 0 fully saturated rings. The van der Waals surface area contributed by atoms with Crippen LogP contribution in [0, 0.1) is 26.5 Å². The van der Waals surface area contributed by atoms with Gasteiger partial charge in [0.25, 0.3) is 5.91 Å². The second kappa shape index (κ2) is 8.60. The highest BCUT2D eigenvalue weighted by molar-refractivity contribution is 14.1. The normalized spacial score (nSPS) is 10.3. The molecule has 0 aliphatic heterocycles. The number of halogens is 3. The van der Waals surface area contributed by atoms with Crippen LogP contribution in [0.4, 0.5) is 14.5 Å². The minimum absolute atomic E-state index is 0.199. The molecule has 0 unspecified atom stereocenters. The number of ketones is 1. The Morgan fingerprint density at radius 3 is 2.58 bits per heavy atom. The number of carbonyl (C=O) groups is 2. The molecule has 0 aliphatic carbocycles. The van der Waals surface area contributed by atoms with Crippen molar-refractivity contribution in [2.45, 2.75) is 18.7 Å². The Hall–Kier alpha value is -1.99. The summed E-state index contributed by atoms with van der Waals surface area (Å²) in [6.07, 6.45) is 0. The van der Waals surface area contributed by atoms with E-state index in [1.54, 1.807) is 12.1 Å². The first kappa shape index (κ1) is 20.3. The molecule has 2 aromatic rings. The fourth-order valence-corrected chi connectivity index (χ4v) is 3.49. The number of hydrogen-bond acceptors (Lipinski definition) is 4. The van der Waals surface area contributed by atoms with E-state index >= 15 is 0 Å². The maximum absolute atomic E-state index is 14.3. The van der Waals surface area contributed by atoms with Crippen molar-refractivity contribution in [3.8, 4) is 6.07 Å². The SMILES string of the molecule is CCSc1ccc(C#N)cc1C(=O)Nc1cc(F)c(I)c(F)c1C(C)=O. The molecule has 0 aliphatic rings. The number of anilines is 1. The average Bonchev–Trinajstić information content (AvgIpc) is 2.60. The van der Waals surface area contributed by atoms with Crippen molar-refractivity contribution < 1.29 is 18.4 Å². The molecule has 0 bridgehead atoms. The Bertz CT molecular complexity index is 942. The van der Waals surface area contributed by atoms with Gasteiger partial charge in [-0.25, -0.2) is 8.78 Å². The van der Waals surface area contributed by atoms with Crippen molar-refractivity contribution in [2.24, 2.45) is 0 Å². The van der Waals surface area contributed by atoms with Gasteiger partial charge in [0.15, 0.2) is 11.6 Å². The number of nitrogens with zero attached hydrogens (tertiary/aromatic N) is 1. The van der Waals surface area contributed by atoms with Crippen LogP contribution in [-0.4, -0.2) is 17.4 Å². The molecule has 4 nitrogen and oxygen atoms in total. The average molecular weight is 486 g/mol. The lowest BCUT2D eigenvalue weighted by Gasteiger charge is -2.14. The first-order chi connectivity index (χ1) is 12.3. The standard InChI is InChI=1S/C18H13F2IN2O2S/c1-3-26-14-5-4-10(8-22)6-11(14)18(25)23-13-7-12(19)17(21)16(20)15(13)9(2)24/h4-7H,3H2,1-2H3,(H,23,25). The largest absolute Gasteiger partial charge is 0.321 e. The number of nitriles is 1. The van der Waals surface area contributed by atoms with Crippen molar-refractivity contribution in [2.75, 3.05) is 11.1 Å². The molecule has 0 heterocycles. The van der Waals surface area contributed by atoms with Crippen LogP contribution < -0.4 is 5.32 Å². The molecule has 0 saturated carbocycles. The molecule has 0 spiro atoms. The van der Waals surface area contributed by atoms with E-state index in [1.165, 1.54) is 40.4 Å². The van der Waals surface area contributed by atoms with Crippen LogP contribution in [0.2, 0.25) is 0 Å². The van der Waals surface area contributed by atoms with E-state index < -0.39 is 23.3 Å². The lowest BCUT2D eigenvalue weighted by atomic mass is 10.1. The van der Waals surface area contributed by atoms with Gasteiger partial charge in [0.1, 0.15) is 5.82 Å². The third-order valence-electron chi connectivity index (χ3n) is 3.42. The minimum atomic E-state index is -1.01. The van der Waals surface area contributed by atoms with E-state index in [4.69, 9.17) is 5.26 Å². The van der Waals surface area contributed by atoms with Gasteiger partial charge in [-0.2, -0.15) is 5.26 Å². The Kier molecular flexibility index (Phi) is 6.72. The fraction of sp³-hybridized carbons (Fsp3) is 0.167. The number of nitrogens with one attached hydrogen (secondary N) is 1. The Balaban J connectivity index is 2.52. The lowest BCUT2D eigenvalue weighted by Crippen LogP contribution is -2.17. The third-order valence-corrected chi connectivity index (χ3v) is 5.36. The molecule has 2 rings (SSSR count).